The molecule has 2 heteroatoms. The second-order valence-corrected chi connectivity index (χ2v) is 5.40. The third-order valence-corrected chi connectivity index (χ3v) is 4.51. The van der Waals surface area contributed by atoms with Crippen LogP contribution in [-0.4, -0.2) is 42.4 Å². The zero-order chi connectivity index (χ0) is 10.0. The van der Waals surface area contributed by atoms with Crippen molar-refractivity contribution >= 4 is 0 Å². The van der Waals surface area contributed by atoms with Crippen molar-refractivity contribution in [3.05, 3.63) is 0 Å². The molecule has 2 aliphatic heterocycles. The Kier molecular flexibility index (Phi) is 3.13. The molecule has 0 amide bonds. The van der Waals surface area contributed by atoms with Gasteiger partial charge in [0, 0.05) is 12.5 Å². The summed E-state index contributed by atoms with van der Waals surface area (Å²) in [5.74, 6) is 0.805. The number of aliphatic hydroxyl groups excluding tert-OH is 1. The summed E-state index contributed by atoms with van der Waals surface area (Å²) in [5.41, 5.74) is 0. The summed E-state index contributed by atoms with van der Waals surface area (Å²) in [6, 6.07) is 0.865. The molecule has 2 heterocycles. The highest BCUT2D eigenvalue weighted by Crippen LogP contribution is 2.37. The van der Waals surface area contributed by atoms with Gasteiger partial charge >= 0.3 is 0 Å². The van der Waals surface area contributed by atoms with E-state index in [0.29, 0.717) is 6.61 Å². The van der Waals surface area contributed by atoms with E-state index in [9.17, 15) is 0 Å². The number of quaternary nitrogens is 1. The predicted octanol–water partition coefficient (Wildman–Crippen LogP) is 1.78. The Labute approximate surface area is 87.5 Å². The Bertz CT molecular complexity index is 189. The fraction of sp³-hybridized carbons (Fsp3) is 1.00. The molecule has 2 saturated heterocycles. The molecular weight excluding hydrogens is 174 g/mol. The highest BCUT2D eigenvalue weighted by Gasteiger charge is 2.42. The Morgan fingerprint density at radius 2 is 1.93 bits per heavy atom. The topological polar surface area (TPSA) is 20.2 Å². The molecule has 1 unspecified atom stereocenters. The van der Waals surface area contributed by atoms with Gasteiger partial charge in [-0.05, 0) is 38.5 Å². The SMILES string of the molecule is C[N+]12CCCC[C@H]1[C@H](CCO)CCC2. The summed E-state index contributed by atoms with van der Waals surface area (Å²) in [4.78, 5) is 0. The molecule has 2 fully saturated rings. The van der Waals surface area contributed by atoms with E-state index in [4.69, 9.17) is 5.11 Å². The van der Waals surface area contributed by atoms with E-state index in [1.54, 1.807) is 0 Å². The van der Waals surface area contributed by atoms with Gasteiger partial charge in [-0.15, -0.1) is 0 Å². The Morgan fingerprint density at radius 3 is 2.71 bits per heavy atom. The molecule has 2 aliphatic rings. The van der Waals surface area contributed by atoms with Gasteiger partial charge in [-0.3, -0.25) is 0 Å². The van der Waals surface area contributed by atoms with E-state index in [1.807, 2.05) is 0 Å². The van der Waals surface area contributed by atoms with Crippen molar-refractivity contribution in [1.29, 1.82) is 0 Å². The van der Waals surface area contributed by atoms with Gasteiger partial charge in [0.1, 0.15) is 0 Å². The van der Waals surface area contributed by atoms with Crippen LogP contribution in [0.15, 0.2) is 0 Å². The summed E-state index contributed by atoms with van der Waals surface area (Å²) in [6.45, 7) is 3.15. The molecule has 0 saturated carbocycles. The fourth-order valence-electron chi connectivity index (χ4n) is 3.74. The number of piperidine rings is 2. The first-order valence-electron chi connectivity index (χ1n) is 6.21. The predicted molar refractivity (Wildman–Crippen MR) is 58.0 cm³/mol. The van der Waals surface area contributed by atoms with Crippen LogP contribution in [0.4, 0.5) is 0 Å². The van der Waals surface area contributed by atoms with Crippen LogP contribution < -0.4 is 0 Å². The molecule has 2 rings (SSSR count). The maximum Gasteiger partial charge on any atom is 0.0917 e. The van der Waals surface area contributed by atoms with Crippen LogP contribution in [0.2, 0.25) is 0 Å². The third kappa shape index (κ3) is 1.82. The van der Waals surface area contributed by atoms with Gasteiger partial charge in [0.2, 0.25) is 0 Å². The smallest absolute Gasteiger partial charge is 0.0917 e. The number of nitrogens with zero attached hydrogens (tertiary/aromatic N) is 1. The minimum Gasteiger partial charge on any atom is -0.396 e. The summed E-state index contributed by atoms with van der Waals surface area (Å²) in [6.07, 6.45) is 8.01. The number of hydrogen-bond donors (Lipinski definition) is 1. The van der Waals surface area contributed by atoms with Gasteiger partial charge in [-0.25, -0.2) is 0 Å². The minimum absolute atomic E-state index is 0.390. The molecule has 0 aliphatic carbocycles. The van der Waals surface area contributed by atoms with Crippen LogP contribution >= 0.6 is 0 Å². The lowest BCUT2D eigenvalue weighted by molar-refractivity contribution is -0.947. The zero-order valence-corrected chi connectivity index (χ0v) is 9.41. The molecule has 3 atom stereocenters. The second kappa shape index (κ2) is 4.19. The van der Waals surface area contributed by atoms with E-state index >= 15 is 0 Å². The van der Waals surface area contributed by atoms with Gasteiger partial charge in [0.05, 0.1) is 26.2 Å². The van der Waals surface area contributed by atoms with E-state index in [0.717, 1.165) is 18.4 Å². The lowest BCUT2D eigenvalue weighted by atomic mass is 9.80. The van der Waals surface area contributed by atoms with Crippen molar-refractivity contribution in [1.82, 2.24) is 0 Å². The molecular formula is C12H24NO+. The third-order valence-electron chi connectivity index (χ3n) is 4.51. The molecule has 82 valence electrons. The maximum absolute atomic E-state index is 9.09. The Hall–Kier alpha value is -0.0800. The molecule has 0 radical (unpaired) electrons. The van der Waals surface area contributed by atoms with Gasteiger partial charge in [0.15, 0.2) is 0 Å². The number of rotatable bonds is 2. The van der Waals surface area contributed by atoms with Crippen LogP contribution in [0.1, 0.15) is 38.5 Å². The van der Waals surface area contributed by atoms with Crippen molar-refractivity contribution in [2.45, 2.75) is 44.6 Å². The standard InChI is InChI=1S/C12H24NO/c1-13-8-3-2-6-12(13)11(7-10-14)5-4-9-13/h11-12,14H,2-10H2,1H3/q+1/t11-,12-,13?/m0/s1. The monoisotopic (exact) mass is 198 g/mol. The molecule has 0 aromatic carbocycles. The maximum atomic E-state index is 9.09. The van der Waals surface area contributed by atoms with Crippen LogP contribution in [-0.2, 0) is 0 Å². The molecule has 0 aromatic rings. The summed E-state index contributed by atoms with van der Waals surface area (Å²) in [7, 11) is 2.44. The largest absolute Gasteiger partial charge is 0.396 e. The van der Waals surface area contributed by atoms with Crippen molar-refractivity contribution in [3.63, 3.8) is 0 Å². The molecule has 0 aromatic heterocycles. The molecule has 0 bridgehead atoms. The lowest BCUT2D eigenvalue weighted by Gasteiger charge is -2.51. The summed E-state index contributed by atoms with van der Waals surface area (Å²) >= 11 is 0. The van der Waals surface area contributed by atoms with Gasteiger partial charge in [-0.2, -0.15) is 0 Å². The zero-order valence-electron chi connectivity index (χ0n) is 9.41. The first-order valence-corrected chi connectivity index (χ1v) is 6.21. The summed E-state index contributed by atoms with van der Waals surface area (Å²) < 4.78 is 1.31. The quantitative estimate of drug-likeness (QED) is 0.671. The fourth-order valence-corrected chi connectivity index (χ4v) is 3.74. The number of fused-ring (bicyclic) bond motifs is 1. The number of aliphatic hydroxyl groups is 1. The van der Waals surface area contributed by atoms with Crippen molar-refractivity contribution in [2.24, 2.45) is 5.92 Å². The van der Waals surface area contributed by atoms with Crippen LogP contribution in [0.5, 0.6) is 0 Å². The van der Waals surface area contributed by atoms with Crippen molar-refractivity contribution in [2.75, 3.05) is 26.7 Å². The molecule has 14 heavy (non-hydrogen) atoms. The molecule has 0 spiro atoms. The van der Waals surface area contributed by atoms with Crippen molar-refractivity contribution in [3.8, 4) is 0 Å². The minimum atomic E-state index is 0.390. The Balaban J connectivity index is 2.06. The Morgan fingerprint density at radius 1 is 1.14 bits per heavy atom. The highest BCUT2D eigenvalue weighted by molar-refractivity contribution is 4.78. The van der Waals surface area contributed by atoms with Crippen molar-refractivity contribution < 1.29 is 9.59 Å². The average molecular weight is 198 g/mol. The highest BCUT2D eigenvalue weighted by atomic mass is 16.3. The van der Waals surface area contributed by atoms with E-state index in [2.05, 4.69) is 7.05 Å². The normalized spacial score (nSPS) is 43.3. The first-order chi connectivity index (χ1) is 6.76. The molecule has 2 nitrogen and oxygen atoms in total. The van der Waals surface area contributed by atoms with E-state index in [-0.39, 0.29) is 0 Å². The second-order valence-electron chi connectivity index (χ2n) is 5.40. The average Bonchev–Trinajstić information content (AvgIpc) is 2.18. The van der Waals surface area contributed by atoms with Gasteiger partial charge < -0.3 is 9.59 Å². The van der Waals surface area contributed by atoms with E-state index in [1.165, 1.54) is 49.7 Å². The van der Waals surface area contributed by atoms with Crippen LogP contribution in [0, 0.1) is 5.92 Å². The van der Waals surface area contributed by atoms with E-state index < -0.39 is 0 Å². The lowest BCUT2D eigenvalue weighted by Crippen LogP contribution is -2.60. The molecule has 1 N–H and O–H groups in total. The van der Waals surface area contributed by atoms with Crippen LogP contribution in [0.25, 0.3) is 0 Å². The number of hydrogen-bond acceptors (Lipinski definition) is 1. The van der Waals surface area contributed by atoms with Gasteiger partial charge in [0.25, 0.3) is 0 Å². The van der Waals surface area contributed by atoms with Gasteiger partial charge in [-0.1, -0.05) is 0 Å². The van der Waals surface area contributed by atoms with Crippen LogP contribution in [0.3, 0.4) is 0 Å². The summed E-state index contributed by atoms with van der Waals surface area (Å²) in [5, 5.41) is 9.09. The first kappa shape index (κ1) is 10.4.